The number of aromatic nitrogens is 1. The van der Waals surface area contributed by atoms with Crippen LogP contribution in [-0.2, 0) is 18.4 Å². The maximum atomic E-state index is 11.2. The van der Waals surface area contributed by atoms with Crippen LogP contribution in [0.2, 0.25) is 0 Å². The first-order valence-electron chi connectivity index (χ1n) is 4.53. The van der Waals surface area contributed by atoms with Crippen LogP contribution >= 0.6 is 0 Å². The lowest BCUT2D eigenvalue weighted by Gasteiger charge is -2.04. The third-order valence-electron chi connectivity index (χ3n) is 1.92. The molecule has 0 saturated heterocycles. The van der Waals surface area contributed by atoms with Crippen molar-refractivity contribution in [3.8, 4) is 0 Å². The fourth-order valence-corrected chi connectivity index (χ4v) is 1.11. The van der Waals surface area contributed by atoms with Gasteiger partial charge in [0.25, 0.3) is 5.91 Å². The smallest absolute Gasteiger partial charge is 0.264 e. The van der Waals surface area contributed by atoms with Crippen LogP contribution < -0.4 is 9.88 Å². The molecule has 1 N–H and O–H groups in total. The van der Waals surface area contributed by atoms with Gasteiger partial charge >= 0.3 is 0 Å². The average molecular weight is 207 g/mol. The van der Waals surface area contributed by atoms with Gasteiger partial charge in [-0.2, -0.15) is 0 Å². The molecule has 0 spiro atoms. The Morgan fingerprint density at radius 3 is 3.00 bits per heavy atom. The van der Waals surface area contributed by atoms with Crippen molar-refractivity contribution in [2.45, 2.75) is 13.5 Å². The third-order valence-corrected chi connectivity index (χ3v) is 1.92. The van der Waals surface area contributed by atoms with Crippen molar-refractivity contribution in [1.82, 2.24) is 5.32 Å². The van der Waals surface area contributed by atoms with Gasteiger partial charge in [-0.15, -0.1) is 0 Å². The van der Waals surface area contributed by atoms with Crippen molar-refractivity contribution in [3.05, 3.63) is 35.3 Å². The number of pyridine rings is 1. The van der Waals surface area contributed by atoms with E-state index in [-0.39, 0.29) is 5.71 Å². The fourth-order valence-electron chi connectivity index (χ4n) is 1.11. The van der Waals surface area contributed by atoms with Crippen molar-refractivity contribution in [1.29, 1.82) is 0 Å². The zero-order chi connectivity index (χ0) is 11.3. The van der Waals surface area contributed by atoms with Crippen LogP contribution in [0.1, 0.15) is 12.5 Å². The van der Waals surface area contributed by atoms with E-state index in [4.69, 9.17) is 0 Å². The number of nitrogens with zero attached hydrogens (tertiary/aromatic N) is 2. The number of rotatable bonds is 3. The molecule has 1 aromatic rings. The van der Waals surface area contributed by atoms with E-state index in [2.05, 4.69) is 10.5 Å². The van der Waals surface area contributed by atoms with Gasteiger partial charge in [-0.05, 0) is 13.0 Å². The fraction of sp³-hybridized carbons (Fsp3) is 0.300. The van der Waals surface area contributed by atoms with E-state index in [1.807, 2.05) is 36.1 Å². The maximum absolute atomic E-state index is 11.2. The van der Waals surface area contributed by atoms with E-state index < -0.39 is 5.91 Å². The van der Waals surface area contributed by atoms with Gasteiger partial charge in [-0.25, -0.2) is 4.57 Å². The lowest BCUT2D eigenvalue weighted by molar-refractivity contribution is -0.671. The topological polar surface area (TPSA) is 68.4 Å². The Balaban J connectivity index is 2.54. The van der Waals surface area contributed by atoms with Crippen LogP contribution in [0.25, 0.3) is 0 Å². The molecule has 0 radical (unpaired) electrons. The van der Waals surface area contributed by atoms with Crippen molar-refractivity contribution in [3.63, 3.8) is 0 Å². The minimum Gasteiger partial charge on any atom is -0.792 e. The van der Waals surface area contributed by atoms with Gasteiger partial charge in [0, 0.05) is 18.2 Å². The second-order valence-electron chi connectivity index (χ2n) is 3.24. The van der Waals surface area contributed by atoms with Gasteiger partial charge in [-0.3, -0.25) is 4.79 Å². The van der Waals surface area contributed by atoms with E-state index in [1.165, 1.54) is 6.92 Å². The van der Waals surface area contributed by atoms with Crippen molar-refractivity contribution in [2.24, 2.45) is 12.2 Å². The minimum atomic E-state index is -0.434. The molecule has 5 nitrogen and oxygen atoms in total. The number of hydrogen-bond donors (Lipinski definition) is 1. The molecule has 0 fully saturated rings. The van der Waals surface area contributed by atoms with Gasteiger partial charge in [0.1, 0.15) is 7.05 Å². The number of aryl methyl sites for hydroxylation is 1. The predicted molar refractivity (Wildman–Crippen MR) is 55.9 cm³/mol. The van der Waals surface area contributed by atoms with Gasteiger partial charge < -0.3 is 15.7 Å². The second kappa shape index (κ2) is 5.09. The summed E-state index contributed by atoms with van der Waals surface area (Å²) in [7, 11) is 1.90. The summed E-state index contributed by atoms with van der Waals surface area (Å²) in [5, 5.41) is 15.2. The Bertz CT molecular complexity index is 388. The molecule has 0 aliphatic heterocycles. The molecule has 0 saturated carbocycles. The Morgan fingerprint density at radius 2 is 2.40 bits per heavy atom. The normalized spacial score (nSPS) is 11.2. The summed E-state index contributed by atoms with van der Waals surface area (Å²) in [6.07, 6.45) is 3.79. The van der Waals surface area contributed by atoms with Crippen LogP contribution in [0.4, 0.5) is 0 Å². The van der Waals surface area contributed by atoms with Crippen molar-refractivity contribution < 1.29 is 9.36 Å². The molecule has 0 aliphatic carbocycles. The lowest BCUT2D eigenvalue weighted by atomic mass is 10.3. The highest BCUT2D eigenvalue weighted by Crippen LogP contribution is 1.93. The molecular weight excluding hydrogens is 194 g/mol. The maximum Gasteiger partial charge on any atom is 0.264 e. The highest BCUT2D eigenvalue weighted by atomic mass is 16.4. The Morgan fingerprint density at radius 1 is 1.67 bits per heavy atom. The Kier molecular flexibility index (Phi) is 3.79. The average Bonchev–Trinajstić information content (AvgIpc) is 2.25. The molecule has 0 bridgehead atoms. The zero-order valence-corrected chi connectivity index (χ0v) is 8.73. The van der Waals surface area contributed by atoms with Crippen molar-refractivity contribution >= 4 is 11.6 Å². The molecule has 1 heterocycles. The van der Waals surface area contributed by atoms with Crippen LogP contribution in [0.3, 0.4) is 0 Å². The summed E-state index contributed by atoms with van der Waals surface area (Å²) in [6, 6.07) is 3.78. The minimum absolute atomic E-state index is 0.0599. The predicted octanol–water partition coefficient (Wildman–Crippen LogP) is 0.0860. The van der Waals surface area contributed by atoms with Gasteiger partial charge in [0.15, 0.2) is 12.4 Å². The number of amides is 1. The second-order valence-corrected chi connectivity index (χ2v) is 3.24. The molecular formula is C10H13N3O2. The Labute approximate surface area is 88.0 Å². The number of carbonyl (C=O) groups excluding carboxylic acids is 1. The summed E-state index contributed by atoms with van der Waals surface area (Å²) >= 11 is 0. The van der Waals surface area contributed by atoms with E-state index in [1.54, 1.807) is 0 Å². The van der Waals surface area contributed by atoms with Crippen LogP contribution in [0, 0.1) is 5.21 Å². The first kappa shape index (κ1) is 11.2. The van der Waals surface area contributed by atoms with Crippen LogP contribution in [0.15, 0.2) is 29.7 Å². The molecule has 1 rings (SSSR count). The quantitative estimate of drug-likeness (QED) is 0.433. The van der Waals surface area contributed by atoms with Crippen LogP contribution in [0.5, 0.6) is 0 Å². The van der Waals surface area contributed by atoms with E-state index in [0.29, 0.717) is 6.54 Å². The third kappa shape index (κ3) is 3.38. The monoisotopic (exact) mass is 207 g/mol. The SMILES string of the molecule is C/C(=N\[O-])C(=O)NCc1ccc[n+](C)c1. The molecule has 0 aromatic carbocycles. The van der Waals surface area contributed by atoms with Crippen LogP contribution in [-0.4, -0.2) is 11.6 Å². The van der Waals surface area contributed by atoms with Gasteiger partial charge in [0.2, 0.25) is 0 Å². The van der Waals surface area contributed by atoms with E-state index in [0.717, 1.165) is 5.56 Å². The summed E-state index contributed by atoms with van der Waals surface area (Å²) in [4.78, 5) is 11.2. The molecule has 0 atom stereocenters. The van der Waals surface area contributed by atoms with Gasteiger partial charge in [-0.1, -0.05) is 0 Å². The molecule has 15 heavy (non-hydrogen) atoms. The molecule has 5 heteroatoms. The van der Waals surface area contributed by atoms with E-state index in [9.17, 15) is 10.0 Å². The molecule has 1 amide bonds. The Hall–Kier alpha value is -1.91. The standard InChI is InChI=1S/C10H13N3O2/c1-8(12-15)10(14)11-6-9-4-3-5-13(2)7-9/h3-5,7H,6H2,1-2H3,(H-,11,14,15). The summed E-state index contributed by atoms with van der Waals surface area (Å²) in [6.45, 7) is 1.77. The summed E-state index contributed by atoms with van der Waals surface area (Å²) < 4.78 is 1.88. The number of carbonyl (C=O) groups is 1. The van der Waals surface area contributed by atoms with Crippen molar-refractivity contribution in [2.75, 3.05) is 0 Å². The molecule has 1 aromatic heterocycles. The number of nitrogens with one attached hydrogen (secondary N) is 1. The highest BCUT2D eigenvalue weighted by molar-refractivity contribution is 6.37. The first-order chi connectivity index (χ1) is 7.13. The van der Waals surface area contributed by atoms with Gasteiger partial charge in [0.05, 0.1) is 5.71 Å². The van der Waals surface area contributed by atoms with E-state index >= 15 is 0 Å². The lowest BCUT2D eigenvalue weighted by Crippen LogP contribution is -2.31. The number of hydrogen-bond acceptors (Lipinski definition) is 3. The molecule has 0 unspecified atom stereocenters. The molecule has 0 aliphatic rings. The summed E-state index contributed by atoms with van der Waals surface area (Å²) in [5.41, 5.74) is 0.905. The summed E-state index contributed by atoms with van der Waals surface area (Å²) in [5.74, 6) is -0.434. The first-order valence-corrected chi connectivity index (χ1v) is 4.53. The molecule has 80 valence electrons. The zero-order valence-electron chi connectivity index (χ0n) is 8.73. The largest absolute Gasteiger partial charge is 0.792 e. The highest BCUT2D eigenvalue weighted by Gasteiger charge is 2.04.